The molecular formula is C13H14O6. The minimum absolute atomic E-state index is 0.190. The monoisotopic (exact) mass is 266 g/mol. The number of esters is 1. The smallest absolute Gasteiger partial charge is 0.336 e. The van der Waals surface area contributed by atoms with Gasteiger partial charge in [-0.1, -0.05) is 18.7 Å². The predicted molar refractivity (Wildman–Crippen MR) is 67.2 cm³/mol. The van der Waals surface area contributed by atoms with Crippen LogP contribution in [0.3, 0.4) is 0 Å². The maximum absolute atomic E-state index is 10.5. The molecule has 0 spiro atoms. The standard InChI is InChI=1S/C8H6O4.C5H8O2/c9-7(10)5-3-1-2-4-6(5)8(11)12;1-4(2)5(6)7-3/h1-4H,(H,9,10)(H,11,12);1H2,2-3H3. The third kappa shape index (κ3) is 5.49. The Kier molecular flexibility index (Phi) is 6.59. The Balaban J connectivity index is 0.000000399. The third-order valence-corrected chi connectivity index (χ3v) is 1.92. The van der Waals surface area contributed by atoms with Gasteiger partial charge in [0.15, 0.2) is 0 Å². The summed E-state index contributed by atoms with van der Waals surface area (Å²) in [4.78, 5) is 31.1. The lowest BCUT2D eigenvalue weighted by Crippen LogP contribution is -2.06. The van der Waals surface area contributed by atoms with E-state index in [9.17, 15) is 14.4 Å². The van der Waals surface area contributed by atoms with Crippen molar-refractivity contribution in [3.8, 4) is 0 Å². The molecule has 1 rings (SSSR count). The topological polar surface area (TPSA) is 101 Å². The molecule has 1 aromatic carbocycles. The van der Waals surface area contributed by atoms with Crippen molar-refractivity contribution < 1.29 is 29.3 Å². The molecule has 1 aromatic rings. The molecule has 0 aromatic heterocycles. The number of benzene rings is 1. The van der Waals surface area contributed by atoms with Gasteiger partial charge in [0.05, 0.1) is 18.2 Å². The Bertz CT molecular complexity index is 471. The summed E-state index contributed by atoms with van der Waals surface area (Å²) < 4.78 is 4.27. The molecule has 0 amide bonds. The Morgan fingerprint density at radius 3 is 1.58 bits per heavy atom. The van der Waals surface area contributed by atoms with Crippen molar-refractivity contribution in [3.05, 3.63) is 47.5 Å². The fourth-order valence-electron chi connectivity index (χ4n) is 1.03. The van der Waals surface area contributed by atoms with Crippen LogP contribution in [0.4, 0.5) is 0 Å². The summed E-state index contributed by atoms with van der Waals surface area (Å²) in [7, 11) is 1.33. The Morgan fingerprint density at radius 1 is 1.05 bits per heavy atom. The first-order valence-corrected chi connectivity index (χ1v) is 5.10. The number of methoxy groups -OCH3 is 1. The highest BCUT2D eigenvalue weighted by Crippen LogP contribution is 2.07. The average molecular weight is 266 g/mol. The lowest BCUT2D eigenvalue weighted by atomic mass is 10.1. The number of carbonyl (C=O) groups is 3. The van der Waals surface area contributed by atoms with Crippen LogP contribution in [0.15, 0.2) is 36.4 Å². The number of carbonyl (C=O) groups excluding carboxylic acids is 1. The lowest BCUT2D eigenvalue weighted by molar-refractivity contribution is -0.136. The van der Waals surface area contributed by atoms with E-state index in [0.717, 1.165) is 0 Å². The number of rotatable bonds is 3. The van der Waals surface area contributed by atoms with Crippen LogP contribution in [0, 0.1) is 0 Å². The van der Waals surface area contributed by atoms with Crippen molar-refractivity contribution in [3.63, 3.8) is 0 Å². The van der Waals surface area contributed by atoms with Crippen molar-refractivity contribution in [1.29, 1.82) is 0 Å². The molecule has 6 heteroatoms. The zero-order valence-electron chi connectivity index (χ0n) is 10.5. The van der Waals surface area contributed by atoms with Gasteiger partial charge in [-0.05, 0) is 19.1 Å². The Labute approximate surface area is 109 Å². The van der Waals surface area contributed by atoms with Crippen LogP contribution in [-0.2, 0) is 9.53 Å². The van der Waals surface area contributed by atoms with Gasteiger partial charge in [-0.2, -0.15) is 0 Å². The summed E-state index contributed by atoms with van der Waals surface area (Å²) >= 11 is 0. The van der Waals surface area contributed by atoms with Gasteiger partial charge in [0.1, 0.15) is 0 Å². The molecule has 6 nitrogen and oxygen atoms in total. The van der Waals surface area contributed by atoms with Gasteiger partial charge in [0.25, 0.3) is 0 Å². The first kappa shape index (κ1) is 16.4. The van der Waals surface area contributed by atoms with E-state index in [-0.39, 0.29) is 17.1 Å². The van der Waals surface area contributed by atoms with Gasteiger partial charge in [0.2, 0.25) is 0 Å². The highest BCUT2D eigenvalue weighted by Gasteiger charge is 2.13. The first-order valence-electron chi connectivity index (χ1n) is 5.10. The molecule has 0 saturated carbocycles. The van der Waals surface area contributed by atoms with Gasteiger partial charge in [-0.15, -0.1) is 0 Å². The molecule has 0 aliphatic rings. The van der Waals surface area contributed by atoms with Gasteiger partial charge in [-0.3, -0.25) is 0 Å². The molecule has 0 atom stereocenters. The van der Waals surface area contributed by atoms with E-state index < -0.39 is 11.9 Å². The fraction of sp³-hybridized carbons (Fsp3) is 0.154. The van der Waals surface area contributed by atoms with E-state index >= 15 is 0 Å². The van der Waals surface area contributed by atoms with E-state index in [2.05, 4.69) is 11.3 Å². The molecule has 2 N–H and O–H groups in total. The SMILES string of the molecule is C=C(C)C(=O)OC.O=C(O)c1ccccc1C(=O)O. The molecule has 0 unspecified atom stereocenters. The van der Waals surface area contributed by atoms with Gasteiger partial charge < -0.3 is 14.9 Å². The summed E-state index contributed by atoms with van der Waals surface area (Å²) in [5, 5.41) is 17.1. The molecule has 0 radical (unpaired) electrons. The normalized spacial score (nSPS) is 8.74. The van der Waals surface area contributed by atoms with Crippen LogP contribution in [0.2, 0.25) is 0 Å². The average Bonchev–Trinajstić information content (AvgIpc) is 2.38. The van der Waals surface area contributed by atoms with Crippen LogP contribution in [0.1, 0.15) is 27.6 Å². The highest BCUT2D eigenvalue weighted by atomic mass is 16.5. The second-order valence-corrected chi connectivity index (χ2v) is 3.43. The Morgan fingerprint density at radius 2 is 1.42 bits per heavy atom. The van der Waals surface area contributed by atoms with Crippen LogP contribution in [-0.4, -0.2) is 35.2 Å². The second kappa shape index (κ2) is 7.65. The minimum Gasteiger partial charge on any atom is -0.478 e. The van der Waals surface area contributed by atoms with Crippen LogP contribution >= 0.6 is 0 Å². The Hall–Kier alpha value is -2.63. The molecule has 0 heterocycles. The molecule has 102 valence electrons. The van der Waals surface area contributed by atoms with E-state index in [1.165, 1.54) is 31.4 Å². The molecule has 0 saturated heterocycles. The minimum atomic E-state index is -1.23. The van der Waals surface area contributed by atoms with E-state index in [0.29, 0.717) is 5.57 Å². The first-order chi connectivity index (χ1) is 8.81. The number of ether oxygens (including phenoxy) is 1. The maximum Gasteiger partial charge on any atom is 0.336 e. The summed E-state index contributed by atoms with van der Waals surface area (Å²) in [6.45, 7) is 4.95. The van der Waals surface area contributed by atoms with Crippen molar-refractivity contribution >= 4 is 17.9 Å². The van der Waals surface area contributed by atoms with Crippen LogP contribution in [0.5, 0.6) is 0 Å². The number of carboxylic acid groups (broad SMARTS) is 2. The predicted octanol–water partition coefficient (Wildman–Crippen LogP) is 1.82. The number of aromatic carboxylic acids is 2. The zero-order chi connectivity index (χ0) is 15.0. The molecule has 19 heavy (non-hydrogen) atoms. The molecule has 0 fully saturated rings. The van der Waals surface area contributed by atoms with Crippen molar-refractivity contribution in [2.45, 2.75) is 6.92 Å². The second-order valence-electron chi connectivity index (χ2n) is 3.43. The number of hydrogen-bond donors (Lipinski definition) is 2. The molecule has 0 bridgehead atoms. The summed E-state index contributed by atoms with van der Waals surface area (Å²) in [6, 6.07) is 5.48. The van der Waals surface area contributed by atoms with Crippen LogP contribution in [0.25, 0.3) is 0 Å². The van der Waals surface area contributed by atoms with E-state index in [1.54, 1.807) is 6.92 Å². The summed E-state index contributed by atoms with van der Waals surface area (Å²) in [5.41, 5.74) is 0.0532. The van der Waals surface area contributed by atoms with Crippen molar-refractivity contribution in [1.82, 2.24) is 0 Å². The maximum atomic E-state index is 10.5. The van der Waals surface area contributed by atoms with Gasteiger partial charge >= 0.3 is 17.9 Å². The largest absolute Gasteiger partial charge is 0.478 e. The molecule has 0 aliphatic heterocycles. The third-order valence-electron chi connectivity index (χ3n) is 1.92. The van der Waals surface area contributed by atoms with Crippen molar-refractivity contribution in [2.75, 3.05) is 7.11 Å². The van der Waals surface area contributed by atoms with Crippen LogP contribution < -0.4 is 0 Å². The van der Waals surface area contributed by atoms with Gasteiger partial charge in [-0.25, -0.2) is 14.4 Å². The zero-order valence-corrected chi connectivity index (χ0v) is 10.5. The lowest BCUT2D eigenvalue weighted by Gasteiger charge is -1.98. The van der Waals surface area contributed by atoms with E-state index in [4.69, 9.17) is 10.2 Å². The van der Waals surface area contributed by atoms with Crippen molar-refractivity contribution in [2.24, 2.45) is 0 Å². The van der Waals surface area contributed by atoms with Gasteiger partial charge in [0, 0.05) is 5.57 Å². The highest BCUT2D eigenvalue weighted by molar-refractivity contribution is 6.01. The fourth-order valence-corrected chi connectivity index (χ4v) is 1.03. The molecular weight excluding hydrogens is 252 g/mol. The summed E-state index contributed by atoms with van der Waals surface area (Å²) in [5.74, 6) is -2.80. The summed E-state index contributed by atoms with van der Waals surface area (Å²) in [6.07, 6.45) is 0. The number of carboxylic acids is 2. The number of hydrogen-bond acceptors (Lipinski definition) is 4. The quantitative estimate of drug-likeness (QED) is 0.639. The molecule has 0 aliphatic carbocycles. The van der Waals surface area contributed by atoms with E-state index in [1.807, 2.05) is 0 Å².